The summed E-state index contributed by atoms with van der Waals surface area (Å²) in [4.78, 5) is 27.5. The van der Waals surface area contributed by atoms with Crippen LogP contribution in [0.25, 0.3) is 0 Å². The van der Waals surface area contributed by atoms with Crippen molar-refractivity contribution in [2.75, 3.05) is 64.9 Å². The van der Waals surface area contributed by atoms with E-state index in [2.05, 4.69) is 9.88 Å². The van der Waals surface area contributed by atoms with Crippen LogP contribution < -0.4 is 14.4 Å². The van der Waals surface area contributed by atoms with Gasteiger partial charge >= 0.3 is 0 Å². The number of nitrogens with zero attached hydrogens (tertiary/aromatic N) is 5. The van der Waals surface area contributed by atoms with Crippen LogP contribution in [0.5, 0.6) is 11.5 Å². The first-order valence-electron chi connectivity index (χ1n) is 11.5. The second-order valence-corrected chi connectivity index (χ2v) is 8.48. The zero-order valence-corrected chi connectivity index (χ0v) is 19.1. The first-order chi connectivity index (χ1) is 15.6. The molecule has 32 heavy (non-hydrogen) atoms. The predicted octanol–water partition coefficient (Wildman–Crippen LogP) is 2.22. The normalized spacial score (nSPS) is 17.1. The lowest BCUT2D eigenvalue weighted by Crippen LogP contribution is -2.48. The van der Waals surface area contributed by atoms with Crippen molar-refractivity contribution in [3.8, 4) is 11.5 Å². The number of rotatable bonds is 9. The van der Waals surface area contributed by atoms with Gasteiger partial charge in [-0.15, -0.1) is 0 Å². The van der Waals surface area contributed by atoms with E-state index in [9.17, 15) is 4.79 Å². The van der Waals surface area contributed by atoms with Crippen LogP contribution in [-0.2, 0) is 11.2 Å². The summed E-state index contributed by atoms with van der Waals surface area (Å²) in [5, 5.41) is 0. The fourth-order valence-electron chi connectivity index (χ4n) is 4.21. The Morgan fingerprint density at radius 3 is 2.69 bits per heavy atom. The number of hydrogen-bond acceptors (Lipinski definition) is 7. The van der Waals surface area contributed by atoms with Crippen molar-refractivity contribution in [1.29, 1.82) is 0 Å². The zero-order chi connectivity index (χ0) is 22.3. The lowest BCUT2D eigenvalue weighted by molar-refractivity contribution is -0.129. The van der Waals surface area contributed by atoms with Crippen molar-refractivity contribution in [1.82, 2.24) is 19.8 Å². The number of amides is 1. The molecule has 172 valence electrons. The van der Waals surface area contributed by atoms with Gasteiger partial charge in [0.15, 0.2) is 11.5 Å². The summed E-state index contributed by atoms with van der Waals surface area (Å²) in [5.74, 6) is 3.12. The van der Waals surface area contributed by atoms with Crippen molar-refractivity contribution in [2.24, 2.45) is 0 Å². The number of likely N-dealkylation sites (N-methyl/N-ethyl adjacent to an activating group) is 1. The van der Waals surface area contributed by atoms with Gasteiger partial charge in [-0.05, 0) is 56.1 Å². The van der Waals surface area contributed by atoms with Crippen molar-refractivity contribution >= 4 is 11.7 Å². The van der Waals surface area contributed by atoms with E-state index in [1.807, 2.05) is 36.2 Å². The number of piperazine rings is 1. The summed E-state index contributed by atoms with van der Waals surface area (Å²) in [5.41, 5.74) is 1.06. The molecule has 0 N–H and O–H groups in total. The molecular formula is C24H33N5O3. The Balaban J connectivity index is 1.38. The quantitative estimate of drug-likeness (QED) is 0.555. The Morgan fingerprint density at radius 2 is 1.91 bits per heavy atom. The minimum Gasteiger partial charge on any atom is -0.493 e. The van der Waals surface area contributed by atoms with Crippen molar-refractivity contribution in [3.63, 3.8) is 0 Å². The highest BCUT2D eigenvalue weighted by molar-refractivity contribution is 5.82. The Kier molecular flexibility index (Phi) is 7.42. The van der Waals surface area contributed by atoms with E-state index in [-0.39, 0.29) is 5.91 Å². The fourth-order valence-corrected chi connectivity index (χ4v) is 4.21. The van der Waals surface area contributed by atoms with Gasteiger partial charge in [-0.25, -0.2) is 9.97 Å². The number of carbonyl (C=O) groups is 1. The predicted molar refractivity (Wildman–Crippen MR) is 123 cm³/mol. The van der Waals surface area contributed by atoms with Crippen LogP contribution in [0.2, 0.25) is 0 Å². The van der Waals surface area contributed by atoms with Crippen LogP contribution >= 0.6 is 0 Å². The number of carbonyl (C=O) groups excluding carboxylic acids is 1. The van der Waals surface area contributed by atoms with E-state index in [0.29, 0.717) is 26.1 Å². The maximum absolute atomic E-state index is 12.0. The monoisotopic (exact) mass is 439 g/mol. The van der Waals surface area contributed by atoms with E-state index in [4.69, 9.17) is 14.5 Å². The number of likely N-dealkylation sites (tertiary alicyclic amines) is 1. The molecule has 8 nitrogen and oxygen atoms in total. The van der Waals surface area contributed by atoms with Crippen LogP contribution in [0.15, 0.2) is 30.5 Å². The minimum atomic E-state index is 0.109. The van der Waals surface area contributed by atoms with E-state index < -0.39 is 0 Å². The number of benzene rings is 1. The van der Waals surface area contributed by atoms with Crippen LogP contribution in [0.1, 0.15) is 30.7 Å². The van der Waals surface area contributed by atoms with Gasteiger partial charge in [0, 0.05) is 39.3 Å². The molecule has 4 rings (SSSR count). The lowest BCUT2D eigenvalue weighted by atomic mass is 10.1. The van der Waals surface area contributed by atoms with Gasteiger partial charge < -0.3 is 24.2 Å². The summed E-state index contributed by atoms with van der Waals surface area (Å²) < 4.78 is 11.6. The molecule has 2 aliphatic heterocycles. The Bertz CT molecular complexity index is 916. The molecule has 8 heteroatoms. The summed E-state index contributed by atoms with van der Waals surface area (Å²) in [6.07, 6.45) is 5.97. The van der Waals surface area contributed by atoms with Gasteiger partial charge in [0.1, 0.15) is 11.6 Å². The number of methoxy groups -OCH3 is 1. The molecule has 0 saturated carbocycles. The highest BCUT2D eigenvalue weighted by atomic mass is 16.5. The molecule has 1 aromatic carbocycles. The van der Waals surface area contributed by atoms with Gasteiger partial charge in [0.25, 0.3) is 0 Å². The highest BCUT2D eigenvalue weighted by Gasteiger charge is 2.22. The molecule has 0 unspecified atom stereocenters. The highest BCUT2D eigenvalue weighted by Crippen LogP contribution is 2.29. The Labute approximate surface area is 190 Å². The standard InChI is InChI=1S/C24H33N5O3/c1-27-13-14-29(18-24(27)30)23-8-9-25-22(26-23)17-19-6-7-20(31-2)21(16-19)32-15-5-12-28-10-3-4-11-28/h6-9,16H,3-5,10-15,17-18H2,1-2H3. The van der Waals surface area contributed by atoms with Gasteiger partial charge in [0.05, 0.1) is 20.3 Å². The third-order valence-electron chi connectivity index (χ3n) is 6.14. The van der Waals surface area contributed by atoms with Gasteiger partial charge in [-0.2, -0.15) is 0 Å². The number of ether oxygens (including phenoxy) is 2. The third-order valence-corrected chi connectivity index (χ3v) is 6.14. The molecule has 2 aromatic rings. The second kappa shape index (κ2) is 10.6. The fraction of sp³-hybridized carbons (Fsp3) is 0.542. The van der Waals surface area contributed by atoms with E-state index in [1.54, 1.807) is 18.2 Å². The van der Waals surface area contributed by atoms with Crippen molar-refractivity contribution in [3.05, 3.63) is 41.9 Å². The molecule has 3 heterocycles. The topological polar surface area (TPSA) is 71.0 Å². The van der Waals surface area contributed by atoms with Gasteiger partial charge in [-0.3, -0.25) is 4.79 Å². The van der Waals surface area contributed by atoms with Crippen molar-refractivity contribution in [2.45, 2.75) is 25.7 Å². The minimum absolute atomic E-state index is 0.109. The SMILES string of the molecule is COc1ccc(Cc2nccc(N3CCN(C)C(=O)C3)n2)cc1OCCCN1CCCC1. The van der Waals surface area contributed by atoms with Crippen LogP contribution in [0.3, 0.4) is 0 Å². The number of hydrogen-bond donors (Lipinski definition) is 0. The molecule has 2 aliphatic rings. The maximum Gasteiger partial charge on any atom is 0.241 e. The number of anilines is 1. The summed E-state index contributed by atoms with van der Waals surface area (Å²) in [6.45, 7) is 5.99. The smallest absolute Gasteiger partial charge is 0.241 e. The zero-order valence-electron chi connectivity index (χ0n) is 19.1. The molecule has 0 radical (unpaired) electrons. The molecule has 2 saturated heterocycles. The molecule has 0 spiro atoms. The van der Waals surface area contributed by atoms with E-state index in [1.165, 1.54) is 25.9 Å². The third kappa shape index (κ3) is 5.68. The largest absolute Gasteiger partial charge is 0.493 e. The molecular weight excluding hydrogens is 406 g/mol. The second-order valence-electron chi connectivity index (χ2n) is 8.48. The van der Waals surface area contributed by atoms with E-state index in [0.717, 1.165) is 48.2 Å². The maximum atomic E-state index is 12.0. The van der Waals surface area contributed by atoms with E-state index >= 15 is 0 Å². The summed E-state index contributed by atoms with van der Waals surface area (Å²) >= 11 is 0. The molecule has 1 aromatic heterocycles. The lowest BCUT2D eigenvalue weighted by Gasteiger charge is -2.32. The molecule has 2 fully saturated rings. The van der Waals surface area contributed by atoms with Crippen LogP contribution in [-0.4, -0.2) is 85.7 Å². The first-order valence-corrected chi connectivity index (χ1v) is 11.5. The molecule has 0 bridgehead atoms. The van der Waals surface area contributed by atoms with Crippen LogP contribution in [0, 0.1) is 0 Å². The average Bonchev–Trinajstić information content (AvgIpc) is 3.32. The van der Waals surface area contributed by atoms with Gasteiger partial charge in [0.2, 0.25) is 5.91 Å². The summed E-state index contributed by atoms with van der Waals surface area (Å²) in [6, 6.07) is 7.84. The molecule has 1 amide bonds. The Morgan fingerprint density at radius 1 is 1.06 bits per heavy atom. The molecule has 0 aliphatic carbocycles. The summed E-state index contributed by atoms with van der Waals surface area (Å²) in [7, 11) is 3.50. The molecule has 0 atom stereocenters. The average molecular weight is 440 g/mol. The van der Waals surface area contributed by atoms with Crippen molar-refractivity contribution < 1.29 is 14.3 Å². The van der Waals surface area contributed by atoms with Gasteiger partial charge in [-0.1, -0.05) is 6.07 Å². The first kappa shape index (κ1) is 22.3. The Hall–Kier alpha value is -2.87. The van der Waals surface area contributed by atoms with Crippen LogP contribution in [0.4, 0.5) is 5.82 Å². The number of aromatic nitrogens is 2.